The van der Waals surface area contributed by atoms with Crippen LogP contribution in [0.3, 0.4) is 0 Å². The van der Waals surface area contributed by atoms with Gasteiger partial charge >= 0.3 is 5.97 Å². The van der Waals surface area contributed by atoms with Gasteiger partial charge in [-0.25, -0.2) is 0 Å². The molecule has 22 heavy (non-hydrogen) atoms. The van der Waals surface area contributed by atoms with Gasteiger partial charge in [-0.3, -0.25) is 9.59 Å². The third-order valence-corrected chi connectivity index (χ3v) is 4.96. The van der Waals surface area contributed by atoms with Crippen LogP contribution in [0, 0.1) is 12.8 Å². The molecule has 1 amide bonds. The average molecular weight is 303 g/mol. The maximum absolute atomic E-state index is 12.9. The number of benzene rings is 1. The smallest absolute Gasteiger partial charge is 0.308 e. The molecule has 2 rings (SSSR count). The van der Waals surface area contributed by atoms with E-state index in [1.165, 1.54) is 0 Å². The summed E-state index contributed by atoms with van der Waals surface area (Å²) in [5.41, 5.74) is 1.69. The van der Waals surface area contributed by atoms with Crippen molar-refractivity contribution >= 4 is 11.9 Å². The molecule has 1 aromatic carbocycles. The van der Waals surface area contributed by atoms with Crippen LogP contribution in [0.2, 0.25) is 0 Å². The van der Waals surface area contributed by atoms with Crippen LogP contribution < -0.4 is 5.32 Å². The molecule has 120 valence electrons. The van der Waals surface area contributed by atoms with E-state index in [1.54, 1.807) is 13.8 Å². The summed E-state index contributed by atoms with van der Waals surface area (Å²) in [5, 5.41) is 12.0. The highest BCUT2D eigenvalue weighted by molar-refractivity contribution is 5.89. The van der Waals surface area contributed by atoms with E-state index in [0.29, 0.717) is 0 Å². The molecular formula is C18H25NO3. The Morgan fingerprint density at radius 2 is 1.86 bits per heavy atom. The van der Waals surface area contributed by atoms with E-state index in [-0.39, 0.29) is 11.9 Å². The second kappa shape index (κ2) is 6.51. The minimum Gasteiger partial charge on any atom is -0.481 e. The van der Waals surface area contributed by atoms with E-state index in [4.69, 9.17) is 5.11 Å². The van der Waals surface area contributed by atoms with Crippen molar-refractivity contribution in [1.29, 1.82) is 0 Å². The van der Waals surface area contributed by atoms with E-state index in [9.17, 15) is 9.59 Å². The van der Waals surface area contributed by atoms with Crippen molar-refractivity contribution in [2.75, 3.05) is 0 Å². The summed E-state index contributed by atoms with van der Waals surface area (Å²) in [6, 6.07) is 7.73. The summed E-state index contributed by atoms with van der Waals surface area (Å²) in [4.78, 5) is 24.0. The molecule has 0 saturated heterocycles. The highest BCUT2D eigenvalue weighted by atomic mass is 16.4. The zero-order valence-corrected chi connectivity index (χ0v) is 13.6. The van der Waals surface area contributed by atoms with Crippen molar-refractivity contribution in [3.8, 4) is 0 Å². The first-order chi connectivity index (χ1) is 10.4. The molecule has 0 aliphatic heterocycles. The topological polar surface area (TPSA) is 66.4 Å². The highest BCUT2D eigenvalue weighted by Gasteiger charge is 2.43. The van der Waals surface area contributed by atoms with Crippen LogP contribution >= 0.6 is 0 Å². The second-order valence-electron chi connectivity index (χ2n) is 6.55. The molecular weight excluding hydrogens is 278 g/mol. The third-order valence-electron chi connectivity index (χ3n) is 4.96. The predicted octanol–water partition coefficient (Wildman–Crippen LogP) is 3.03. The molecule has 1 saturated carbocycles. The second-order valence-corrected chi connectivity index (χ2v) is 6.55. The first-order valence-electron chi connectivity index (χ1n) is 7.98. The Balaban J connectivity index is 2.24. The zero-order chi connectivity index (χ0) is 16.3. The lowest BCUT2D eigenvalue weighted by Crippen LogP contribution is -2.49. The van der Waals surface area contributed by atoms with E-state index in [0.717, 1.165) is 36.8 Å². The van der Waals surface area contributed by atoms with E-state index < -0.39 is 17.3 Å². The van der Waals surface area contributed by atoms with Gasteiger partial charge in [0.2, 0.25) is 5.91 Å². The normalized spacial score (nSPS) is 19.4. The number of hydrogen-bond donors (Lipinski definition) is 2. The quantitative estimate of drug-likeness (QED) is 0.878. The van der Waals surface area contributed by atoms with Gasteiger partial charge in [-0.2, -0.15) is 0 Å². The first kappa shape index (κ1) is 16.5. The van der Waals surface area contributed by atoms with Gasteiger partial charge < -0.3 is 10.4 Å². The highest BCUT2D eigenvalue weighted by Crippen LogP contribution is 2.41. The molecule has 0 heterocycles. The molecule has 2 atom stereocenters. The number of aryl methyl sites for hydroxylation is 1. The standard InChI is InChI=1S/C18H25NO3/c1-12-7-6-8-15(11-12)18(9-4-5-10-18)17(22)19-14(3)13(2)16(20)21/h6-8,11,13-14H,4-5,9-10H2,1-3H3,(H,19,22)(H,20,21). The largest absolute Gasteiger partial charge is 0.481 e. The summed E-state index contributed by atoms with van der Waals surface area (Å²) < 4.78 is 0. The fourth-order valence-electron chi connectivity index (χ4n) is 3.25. The Morgan fingerprint density at radius 1 is 1.23 bits per heavy atom. The molecule has 1 aliphatic rings. The van der Waals surface area contributed by atoms with Crippen LogP contribution in [0.25, 0.3) is 0 Å². The molecule has 1 aliphatic carbocycles. The van der Waals surface area contributed by atoms with Crippen LogP contribution in [0.1, 0.15) is 50.7 Å². The van der Waals surface area contributed by atoms with Gasteiger partial charge in [-0.1, -0.05) is 42.7 Å². The van der Waals surface area contributed by atoms with Crippen molar-refractivity contribution in [3.05, 3.63) is 35.4 Å². The molecule has 4 heteroatoms. The Morgan fingerprint density at radius 3 is 2.41 bits per heavy atom. The number of aliphatic carboxylic acids is 1. The minimum atomic E-state index is -0.885. The fourth-order valence-corrected chi connectivity index (χ4v) is 3.25. The summed E-state index contributed by atoms with van der Waals surface area (Å²) in [5.74, 6) is -1.51. The molecule has 2 unspecified atom stereocenters. The number of carbonyl (C=O) groups excluding carboxylic acids is 1. The zero-order valence-electron chi connectivity index (χ0n) is 13.6. The molecule has 0 radical (unpaired) electrons. The number of nitrogens with one attached hydrogen (secondary N) is 1. The van der Waals surface area contributed by atoms with Gasteiger partial charge in [0, 0.05) is 6.04 Å². The number of carboxylic acids is 1. The van der Waals surface area contributed by atoms with E-state index >= 15 is 0 Å². The van der Waals surface area contributed by atoms with Crippen molar-refractivity contribution in [1.82, 2.24) is 5.32 Å². The van der Waals surface area contributed by atoms with Gasteiger partial charge in [-0.15, -0.1) is 0 Å². The van der Waals surface area contributed by atoms with Crippen molar-refractivity contribution in [2.24, 2.45) is 5.92 Å². The third kappa shape index (κ3) is 3.16. The SMILES string of the molecule is Cc1cccc(C2(C(=O)NC(C)C(C)C(=O)O)CCCC2)c1. The molecule has 1 aromatic rings. The number of rotatable bonds is 5. The molecule has 0 spiro atoms. The summed E-state index contributed by atoms with van der Waals surface area (Å²) in [7, 11) is 0. The Kier molecular flexibility index (Phi) is 4.89. The Labute approximate surface area is 131 Å². The first-order valence-corrected chi connectivity index (χ1v) is 7.98. The summed E-state index contributed by atoms with van der Waals surface area (Å²) >= 11 is 0. The number of amides is 1. The Hall–Kier alpha value is -1.84. The van der Waals surface area contributed by atoms with E-state index in [2.05, 4.69) is 11.4 Å². The van der Waals surface area contributed by atoms with Gasteiger partial charge in [0.15, 0.2) is 0 Å². The summed E-state index contributed by atoms with van der Waals surface area (Å²) in [6.07, 6.45) is 3.72. The number of carboxylic acid groups (broad SMARTS) is 1. The molecule has 0 aromatic heterocycles. The van der Waals surface area contributed by atoms with Gasteiger partial charge in [-0.05, 0) is 39.2 Å². The van der Waals surface area contributed by atoms with Gasteiger partial charge in [0.1, 0.15) is 0 Å². The van der Waals surface area contributed by atoms with Crippen molar-refractivity contribution in [2.45, 2.75) is 57.9 Å². The molecule has 1 fully saturated rings. The van der Waals surface area contributed by atoms with Crippen molar-refractivity contribution < 1.29 is 14.7 Å². The summed E-state index contributed by atoms with van der Waals surface area (Å²) in [6.45, 7) is 5.41. The minimum absolute atomic E-state index is 0.0313. The average Bonchev–Trinajstić information content (AvgIpc) is 2.97. The predicted molar refractivity (Wildman–Crippen MR) is 85.7 cm³/mol. The van der Waals surface area contributed by atoms with Crippen LogP contribution in [0.5, 0.6) is 0 Å². The number of carbonyl (C=O) groups is 2. The van der Waals surface area contributed by atoms with Crippen LogP contribution in [0.15, 0.2) is 24.3 Å². The maximum atomic E-state index is 12.9. The fraction of sp³-hybridized carbons (Fsp3) is 0.556. The lowest BCUT2D eigenvalue weighted by atomic mass is 9.77. The lowest BCUT2D eigenvalue weighted by Gasteiger charge is -2.31. The van der Waals surface area contributed by atoms with Crippen LogP contribution in [-0.2, 0) is 15.0 Å². The van der Waals surface area contributed by atoms with Crippen LogP contribution in [-0.4, -0.2) is 23.0 Å². The van der Waals surface area contributed by atoms with Gasteiger partial charge in [0.25, 0.3) is 0 Å². The lowest BCUT2D eigenvalue weighted by molar-refractivity contribution is -0.142. The molecule has 0 bridgehead atoms. The van der Waals surface area contributed by atoms with Gasteiger partial charge in [0.05, 0.1) is 11.3 Å². The molecule has 4 nitrogen and oxygen atoms in total. The van der Waals surface area contributed by atoms with E-state index in [1.807, 2.05) is 25.1 Å². The monoisotopic (exact) mass is 303 g/mol. The number of hydrogen-bond acceptors (Lipinski definition) is 2. The van der Waals surface area contributed by atoms with Crippen molar-refractivity contribution in [3.63, 3.8) is 0 Å². The van der Waals surface area contributed by atoms with Crippen LogP contribution in [0.4, 0.5) is 0 Å². The Bertz CT molecular complexity index is 561. The molecule has 2 N–H and O–H groups in total. The maximum Gasteiger partial charge on any atom is 0.308 e.